The van der Waals surface area contributed by atoms with E-state index >= 15 is 0 Å². The van der Waals surface area contributed by atoms with Gasteiger partial charge in [0.25, 0.3) is 0 Å². The molecule has 1 N–H and O–H groups in total. The summed E-state index contributed by atoms with van der Waals surface area (Å²) in [6.45, 7) is 13.1. The summed E-state index contributed by atoms with van der Waals surface area (Å²) in [5.41, 5.74) is 2.58. The van der Waals surface area contributed by atoms with Crippen LogP contribution in [0.5, 0.6) is 5.75 Å². The van der Waals surface area contributed by atoms with Crippen LogP contribution in [0.4, 0.5) is 0 Å². The third kappa shape index (κ3) is 4.70. The van der Waals surface area contributed by atoms with E-state index < -0.39 is 0 Å². The standard InChI is InChI=1S/C17H29N3O/c1-4-18-13-16-7-6-15(12-17(16)21-3)14-20-10-8-19(5-2)9-11-20/h6-7,12,18H,4-5,8-11,13-14H2,1-3H3. The van der Waals surface area contributed by atoms with E-state index in [4.69, 9.17) is 4.74 Å². The molecule has 1 heterocycles. The molecular formula is C17H29N3O. The predicted molar refractivity (Wildman–Crippen MR) is 87.8 cm³/mol. The van der Waals surface area contributed by atoms with E-state index in [0.717, 1.165) is 38.5 Å². The van der Waals surface area contributed by atoms with Gasteiger partial charge in [0.2, 0.25) is 0 Å². The molecule has 1 aromatic rings. The highest BCUT2D eigenvalue weighted by atomic mass is 16.5. The molecule has 0 aliphatic carbocycles. The van der Waals surface area contributed by atoms with Gasteiger partial charge in [-0.15, -0.1) is 0 Å². The highest BCUT2D eigenvalue weighted by Crippen LogP contribution is 2.21. The summed E-state index contributed by atoms with van der Waals surface area (Å²) < 4.78 is 5.54. The van der Waals surface area contributed by atoms with Crippen molar-refractivity contribution < 1.29 is 4.74 Å². The fourth-order valence-corrected chi connectivity index (χ4v) is 2.81. The Kier molecular flexibility index (Phi) is 6.49. The summed E-state index contributed by atoms with van der Waals surface area (Å²) in [5, 5.41) is 3.36. The van der Waals surface area contributed by atoms with Crippen molar-refractivity contribution in [3.8, 4) is 5.75 Å². The number of rotatable bonds is 7. The third-order valence-corrected chi connectivity index (χ3v) is 4.24. The molecule has 0 atom stereocenters. The number of benzene rings is 1. The van der Waals surface area contributed by atoms with Crippen molar-refractivity contribution in [2.24, 2.45) is 0 Å². The predicted octanol–water partition coefficient (Wildman–Crippen LogP) is 1.94. The zero-order valence-corrected chi connectivity index (χ0v) is 13.7. The maximum Gasteiger partial charge on any atom is 0.123 e. The summed E-state index contributed by atoms with van der Waals surface area (Å²) in [6, 6.07) is 6.62. The van der Waals surface area contributed by atoms with Crippen molar-refractivity contribution in [2.75, 3.05) is 46.4 Å². The average molecular weight is 291 g/mol. The highest BCUT2D eigenvalue weighted by Gasteiger charge is 2.16. The van der Waals surface area contributed by atoms with E-state index in [0.29, 0.717) is 0 Å². The van der Waals surface area contributed by atoms with Crippen LogP contribution in [0.2, 0.25) is 0 Å². The lowest BCUT2D eigenvalue weighted by atomic mass is 10.1. The van der Waals surface area contributed by atoms with E-state index in [2.05, 4.69) is 47.2 Å². The first-order chi connectivity index (χ1) is 10.3. The van der Waals surface area contributed by atoms with Gasteiger partial charge >= 0.3 is 0 Å². The van der Waals surface area contributed by atoms with Crippen molar-refractivity contribution in [1.82, 2.24) is 15.1 Å². The van der Waals surface area contributed by atoms with Gasteiger partial charge < -0.3 is 15.0 Å². The minimum absolute atomic E-state index is 0.870. The molecule has 0 radical (unpaired) electrons. The normalized spacial score (nSPS) is 17.1. The fourth-order valence-electron chi connectivity index (χ4n) is 2.81. The number of nitrogens with one attached hydrogen (secondary N) is 1. The van der Waals surface area contributed by atoms with Crippen molar-refractivity contribution in [1.29, 1.82) is 0 Å². The molecule has 1 saturated heterocycles. The van der Waals surface area contributed by atoms with Crippen LogP contribution >= 0.6 is 0 Å². The number of likely N-dealkylation sites (N-methyl/N-ethyl adjacent to an activating group) is 1. The van der Waals surface area contributed by atoms with Crippen LogP contribution in [0.15, 0.2) is 18.2 Å². The summed E-state index contributed by atoms with van der Waals surface area (Å²) in [5.74, 6) is 1.00. The maximum absolute atomic E-state index is 5.54. The van der Waals surface area contributed by atoms with Gasteiger partial charge in [0.05, 0.1) is 7.11 Å². The zero-order chi connectivity index (χ0) is 15.1. The van der Waals surface area contributed by atoms with Crippen LogP contribution in [0.1, 0.15) is 25.0 Å². The van der Waals surface area contributed by atoms with Gasteiger partial charge in [0.15, 0.2) is 0 Å². The highest BCUT2D eigenvalue weighted by molar-refractivity contribution is 5.37. The topological polar surface area (TPSA) is 27.7 Å². The van der Waals surface area contributed by atoms with Crippen LogP contribution in [0.3, 0.4) is 0 Å². The van der Waals surface area contributed by atoms with Crippen molar-refractivity contribution in [3.63, 3.8) is 0 Å². The number of nitrogens with zero attached hydrogens (tertiary/aromatic N) is 2. The van der Waals surface area contributed by atoms with E-state index in [-0.39, 0.29) is 0 Å². The molecule has 1 aliphatic rings. The monoisotopic (exact) mass is 291 g/mol. The van der Waals surface area contributed by atoms with Crippen LogP contribution < -0.4 is 10.1 Å². The van der Waals surface area contributed by atoms with E-state index in [1.165, 1.54) is 30.8 Å². The van der Waals surface area contributed by atoms with E-state index in [9.17, 15) is 0 Å². The van der Waals surface area contributed by atoms with Crippen molar-refractivity contribution in [2.45, 2.75) is 26.9 Å². The largest absolute Gasteiger partial charge is 0.496 e. The lowest BCUT2D eigenvalue weighted by Crippen LogP contribution is -2.45. The number of ether oxygens (including phenoxy) is 1. The van der Waals surface area contributed by atoms with Crippen molar-refractivity contribution >= 4 is 0 Å². The van der Waals surface area contributed by atoms with Gasteiger partial charge in [-0.2, -0.15) is 0 Å². The fraction of sp³-hybridized carbons (Fsp3) is 0.647. The molecule has 0 amide bonds. The Morgan fingerprint density at radius 1 is 1.10 bits per heavy atom. The van der Waals surface area contributed by atoms with E-state index in [1.54, 1.807) is 7.11 Å². The number of hydrogen-bond acceptors (Lipinski definition) is 4. The SMILES string of the molecule is CCNCc1ccc(CN2CCN(CC)CC2)cc1OC. The molecule has 2 rings (SSSR count). The second-order valence-electron chi connectivity index (χ2n) is 5.64. The summed E-state index contributed by atoms with van der Waals surface area (Å²) in [4.78, 5) is 5.04. The van der Waals surface area contributed by atoms with Crippen LogP contribution in [-0.2, 0) is 13.1 Å². The Morgan fingerprint density at radius 3 is 2.43 bits per heavy atom. The van der Waals surface area contributed by atoms with Gasteiger partial charge in [0.1, 0.15) is 5.75 Å². The Balaban J connectivity index is 1.94. The lowest BCUT2D eigenvalue weighted by Gasteiger charge is -2.34. The maximum atomic E-state index is 5.54. The quantitative estimate of drug-likeness (QED) is 0.831. The van der Waals surface area contributed by atoms with Gasteiger partial charge in [-0.05, 0) is 24.7 Å². The summed E-state index contributed by atoms with van der Waals surface area (Å²) in [6.07, 6.45) is 0. The lowest BCUT2D eigenvalue weighted by molar-refractivity contribution is 0.132. The second kappa shape index (κ2) is 8.37. The zero-order valence-electron chi connectivity index (χ0n) is 13.7. The second-order valence-corrected chi connectivity index (χ2v) is 5.64. The Labute approximate surface area is 129 Å². The molecule has 1 fully saturated rings. The van der Waals surface area contributed by atoms with Crippen LogP contribution in [-0.4, -0.2) is 56.2 Å². The first-order valence-corrected chi connectivity index (χ1v) is 8.08. The molecule has 118 valence electrons. The Morgan fingerprint density at radius 2 is 1.81 bits per heavy atom. The molecule has 1 aromatic carbocycles. The first kappa shape index (κ1) is 16.3. The first-order valence-electron chi connectivity index (χ1n) is 8.08. The summed E-state index contributed by atoms with van der Waals surface area (Å²) >= 11 is 0. The van der Waals surface area contributed by atoms with Gasteiger partial charge in [-0.3, -0.25) is 4.90 Å². The molecule has 4 nitrogen and oxygen atoms in total. The van der Waals surface area contributed by atoms with Crippen molar-refractivity contribution in [3.05, 3.63) is 29.3 Å². The molecule has 4 heteroatoms. The van der Waals surface area contributed by atoms with Crippen LogP contribution in [0, 0.1) is 0 Å². The third-order valence-electron chi connectivity index (χ3n) is 4.24. The molecule has 21 heavy (non-hydrogen) atoms. The molecular weight excluding hydrogens is 262 g/mol. The Bertz CT molecular complexity index is 428. The molecule has 0 aromatic heterocycles. The molecule has 0 saturated carbocycles. The number of hydrogen-bond donors (Lipinski definition) is 1. The smallest absolute Gasteiger partial charge is 0.123 e. The Hall–Kier alpha value is -1.10. The van der Waals surface area contributed by atoms with Gasteiger partial charge in [-0.1, -0.05) is 26.0 Å². The van der Waals surface area contributed by atoms with Crippen LogP contribution in [0.25, 0.3) is 0 Å². The van der Waals surface area contributed by atoms with E-state index in [1.807, 2.05) is 0 Å². The minimum atomic E-state index is 0.870. The van der Waals surface area contributed by atoms with Gasteiger partial charge in [-0.25, -0.2) is 0 Å². The summed E-state index contributed by atoms with van der Waals surface area (Å²) in [7, 11) is 1.76. The molecule has 0 bridgehead atoms. The number of piperazine rings is 1. The molecule has 0 unspecified atom stereocenters. The van der Waals surface area contributed by atoms with Gasteiger partial charge in [0, 0.05) is 44.8 Å². The minimum Gasteiger partial charge on any atom is -0.496 e. The molecule has 0 spiro atoms. The number of methoxy groups -OCH3 is 1. The average Bonchev–Trinajstić information content (AvgIpc) is 2.54. The molecule has 1 aliphatic heterocycles.